The van der Waals surface area contributed by atoms with E-state index in [2.05, 4.69) is 5.10 Å². The van der Waals surface area contributed by atoms with Crippen molar-refractivity contribution in [2.45, 2.75) is 12.1 Å². The number of methoxy groups -OCH3 is 2. The topological polar surface area (TPSA) is 106 Å². The Labute approximate surface area is 145 Å². The minimum atomic E-state index is -4.72. The van der Waals surface area contributed by atoms with E-state index in [0.717, 1.165) is 0 Å². The van der Waals surface area contributed by atoms with Crippen LogP contribution in [0, 0.1) is 11.3 Å². The van der Waals surface area contributed by atoms with Gasteiger partial charge >= 0.3 is 6.18 Å². The minimum absolute atomic E-state index is 0.156. The van der Waals surface area contributed by atoms with Gasteiger partial charge in [0, 0.05) is 0 Å². The van der Waals surface area contributed by atoms with E-state index in [1.807, 2.05) is 11.2 Å². The second-order valence-electron chi connectivity index (χ2n) is 5.35. The van der Waals surface area contributed by atoms with Crippen LogP contribution in [0.2, 0.25) is 0 Å². The molecule has 0 saturated heterocycles. The van der Waals surface area contributed by atoms with Gasteiger partial charge in [0.05, 0.1) is 25.7 Å². The lowest BCUT2D eigenvalue weighted by atomic mass is 9.83. The summed E-state index contributed by atoms with van der Waals surface area (Å²) in [5.41, 5.74) is 4.50. The van der Waals surface area contributed by atoms with Crippen LogP contribution in [0.5, 0.6) is 17.4 Å². The molecule has 26 heavy (non-hydrogen) atoms. The summed E-state index contributed by atoms with van der Waals surface area (Å²) in [6, 6.07) is 6.37. The monoisotopic (exact) mass is 366 g/mol. The molecule has 1 atom stereocenters. The van der Waals surface area contributed by atoms with Crippen molar-refractivity contribution in [1.29, 1.82) is 5.26 Å². The third-order valence-electron chi connectivity index (χ3n) is 3.96. The fourth-order valence-corrected chi connectivity index (χ4v) is 2.83. The summed E-state index contributed by atoms with van der Waals surface area (Å²) in [5, 5.41) is 14.9. The van der Waals surface area contributed by atoms with E-state index in [1.165, 1.54) is 32.4 Å². The van der Waals surface area contributed by atoms with E-state index in [-0.39, 0.29) is 22.9 Å². The van der Waals surface area contributed by atoms with Crippen molar-refractivity contribution >= 4 is 0 Å². The van der Waals surface area contributed by atoms with Crippen LogP contribution in [0.15, 0.2) is 29.7 Å². The van der Waals surface area contributed by atoms with Crippen molar-refractivity contribution in [3.8, 4) is 23.4 Å². The lowest BCUT2D eigenvalue weighted by Gasteiger charge is -2.25. The normalized spacial score (nSPS) is 16.5. The summed E-state index contributed by atoms with van der Waals surface area (Å²) in [6.07, 6.45) is -4.72. The van der Waals surface area contributed by atoms with Gasteiger partial charge in [-0.25, -0.2) is 0 Å². The van der Waals surface area contributed by atoms with Gasteiger partial charge in [0.25, 0.3) is 0 Å². The highest BCUT2D eigenvalue weighted by atomic mass is 19.4. The Hall–Kier alpha value is -3.35. The molecule has 0 spiro atoms. The molecule has 0 amide bonds. The first kappa shape index (κ1) is 17.5. The Morgan fingerprint density at radius 1 is 1.27 bits per heavy atom. The smallest absolute Gasteiger partial charge is 0.433 e. The van der Waals surface area contributed by atoms with Gasteiger partial charge < -0.3 is 19.9 Å². The van der Waals surface area contributed by atoms with E-state index < -0.39 is 17.8 Å². The summed E-state index contributed by atoms with van der Waals surface area (Å²) in [6.45, 7) is 0. The van der Waals surface area contributed by atoms with Gasteiger partial charge in [0.15, 0.2) is 11.5 Å². The Morgan fingerprint density at radius 2 is 1.96 bits per heavy atom. The van der Waals surface area contributed by atoms with E-state index in [0.29, 0.717) is 17.1 Å². The first-order valence-corrected chi connectivity index (χ1v) is 7.26. The van der Waals surface area contributed by atoms with E-state index in [4.69, 9.17) is 19.9 Å². The van der Waals surface area contributed by atoms with E-state index in [9.17, 15) is 18.4 Å². The maximum atomic E-state index is 13.4. The molecule has 10 heteroatoms. The van der Waals surface area contributed by atoms with E-state index >= 15 is 0 Å². The molecule has 1 aromatic carbocycles. The van der Waals surface area contributed by atoms with Crippen LogP contribution < -0.4 is 19.9 Å². The number of hydrogen-bond acceptors (Lipinski definition) is 6. The van der Waals surface area contributed by atoms with Crippen molar-refractivity contribution in [1.82, 2.24) is 10.2 Å². The molecule has 3 N–H and O–H groups in total. The maximum Gasteiger partial charge on any atom is 0.433 e. The van der Waals surface area contributed by atoms with Crippen LogP contribution in [0.4, 0.5) is 13.2 Å². The van der Waals surface area contributed by atoms with Crippen molar-refractivity contribution in [3.05, 3.63) is 46.5 Å². The molecule has 7 nitrogen and oxygen atoms in total. The molecule has 2 aromatic rings. The van der Waals surface area contributed by atoms with Gasteiger partial charge in [-0.1, -0.05) is 6.07 Å². The first-order chi connectivity index (χ1) is 12.3. The van der Waals surface area contributed by atoms with Gasteiger partial charge in [-0.3, -0.25) is 5.10 Å². The number of H-pyrrole nitrogens is 1. The van der Waals surface area contributed by atoms with Crippen LogP contribution in [0.25, 0.3) is 0 Å². The summed E-state index contributed by atoms with van der Waals surface area (Å²) in [7, 11) is 2.83. The number of nitriles is 1. The average Bonchev–Trinajstić information content (AvgIpc) is 3.03. The van der Waals surface area contributed by atoms with Gasteiger partial charge in [0.1, 0.15) is 17.3 Å². The molecule has 2 heterocycles. The molecule has 1 aromatic heterocycles. The predicted molar refractivity (Wildman–Crippen MR) is 82.4 cm³/mol. The summed E-state index contributed by atoms with van der Waals surface area (Å²) in [4.78, 5) is 0. The standard InChI is InChI=1S/C16H13F3N4O3/c1-24-9-4-3-7(5-10(9)25-2)11-8(6-20)14(21)26-15-12(11)13(22-23-15)16(17,18)19/h3-5,11H,21H2,1-2H3,(H,22,23)/t11-/m0/s1. The number of nitrogens with zero attached hydrogens (tertiary/aromatic N) is 2. The number of ether oxygens (including phenoxy) is 3. The second-order valence-corrected chi connectivity index (χ2v) is 5.35. The molecule has 1 aliphatic heterocycles. The molecule has 1 aliphatic rings. The first-order valence-electron chi connectivity index (χ1n) is 7.26. The van der Waals surface area contributed by atoms with Crippen LogP contribution >= 0.6 is 0 Å². The number of alkyl halides is 3. The maximum absolute atomic E-state index is 13.4. The molecule has 136 valence electrons. The van der Waals surface area contributed by atoms with Crippen molar-refractivity contribution in [3.63, 3.8) is 0 Å². The highest BCUT2D eigenvalue weighted by molar-refractivity contribution is 5.57. The van der Waals surface area contributed by atoms with Gasteiger partial charge in [0.2, 0.25) is 11.8 Å². The fraction of sp³-hybridized carbons (Fsp3) is 0.250. The van der Waals surface area contributed by atoms with Crippen molar-refractivity contribution in [2.75, 3.05) is 14.2 Å². The fourth-order valence-electron chi connectivity index (χ4n) is 2.83. The highest BCUT2D eigenvalue weighted by Gasteiger charge is 2.44. The third-order valence-corrected chi connectivity index (χ3v) is 3.96. The molecule has 0 aliphatic carbocycles. The number of aromatic nitrogens is 2. The number of fused-ring (bicyclic) bond motifs is 1. The zero-order valence-electron chi connectivity index (χ0n) is 13.6. The third kappa shape index (κ3) is 2.67. The summed E-state index contributed by atoms with van der Waals surface area (Å²) < 4.78 is 55.6. The SMILES string of the molecule is COc1ccc([C@H]2C(C#N)=C(N)Oc3n[nH]c(C(F)(F)F)c32)cc1OC. The Bertz CT molecular complexity index is 928. The molecule has 0 unspecified atom stereocenters. The zero-order valence-corrected chi connectivity index (χ0v) is 13.6. The Morgan fingerprint density at radius 3 is 2.54 bits per heavy atom. The summed E-state index contributed by atoms with van der Waals surface area (Å²) >= 11 is 0. The molecule has 0 saturated carbocycles. The van der Waals surface area contributed by atoms with Crippen LogP contribution in [0.1, 0.15) is 22.7 Å². The van der Waals surface area contributed by atoms with Crippen molar-refractivity contribution in [2.24, 2.45) is 5.73 Å². The number of nitrogens with two attached hydrogens (primary N) is 1. The zero-order chi connectivity index (χ0) is 19.1. The number of rotatable bonds is 3. The molecule has 0 bridgehead atoms. The van der Waals surface area contributed by atoms with Gasteiger partial charge in [-0.2, -0.15) is 18.4 Å². The molecule has 3 rings (SSSR count). The average molecular weight is 366 g/mol. The largest absolute Gasteiger partial charge is 0.493 e. The number of halogens is 3. The molecular weight excluding hydrogens is 353 g/mol. The quantitative estimate of drug-likeness (QED) is 0.865. The Balaban J connectivity index is 2.26. The van der Waals surface area contributed by atoms with Crippen LogP contribution in [-0.4, -0.2) is 24.4 Å². The number of allylic oxidation sites excluding steroid dienone is 1. The number of nitrogens with one attached hydrogen (secondary N) is 1. The lowest BCUT2D eigenvalue weighted by Crippen LogP contribution is -2.22. The summed E-state index contributed by atoms with van der Waals surface area (Å²) in [5.74, 6) is -1.07. The predicted octanol–water partition coefficient (Wildman–Crippen LogP) is 2.66. The number of benzene rings is 1. The van der Waals surface area contributed by atoms with Gasteiger partial charge in [-0.05, 0) is 17.7 Å². The number of aromatic amines is 1. The lowest BCUT2D eigenvalue weighted by molar-refractivity contribution is -0.141. The van der Waals surface area contributed by atoms with Gasteiger partial charge in [-0.15, -0.1) is 5.10 Å². The highest BCUT2D eigenvalue weighted by Crippen LogP contribution is 2.47. The molecule has 0 radical (unpaired) electrons. The number of hydrogen-bond donors (Lipinski definition) is 2. The van der Waals surface area contributed by atoms with E-state index in [1.54, 1.807) is 0 Å². The van der Waals surface area contributed by atoms with Crippen LogP contribution in [0.3, 0.4) is 0 Å². The van der Waals surface area contributed by atoms with Crippen LogP contribution in [-0.2, 0) is 6.18 Å². The Kier molecular flexibility index (Phi) is 4.15. The molecule has 0 fully saturated rings. The van der Waals surface area contributed by atoms with Crippen molar-refractivity contribution < 1.29 is 27.4 Å². The minimum Gasteiger partial charge on any atom is -0.493 e. The second kappa shape index (κ2) is 6.18. The molecular formula is C16H13F3N4O3.